The minimum absolute atomic E-state index is 0.114. The lowest BCUT2D eigenvalue weighted by atomic mass is 9.86. The van der Waals surface area contributed by atoms with Gasteiger partial charge < -0.3 is 9.47 Å². The molecule has 9 heteroatoms. The second-order valence-corrected chi connectivity index (χ2v) is 7.16. The molecule has 0 saturated carbocycles. The van der Waals surface area contributed by atoms with E-state index in [1.807, 2.05) is 6.92 Å². The van der Waals surface area contributed by atoms with Crippen molar-refractivity contribution in [3.63, 3.8) is 0 Å². The van der Waals surface area contributed by atoms with Crippen molar-refractivity contribution in [3.05, 3.63) is 70.6 Å². The monoisotopic (exact) mass is 448 g/mol. The molecule has 0 spiro atoms. The van der Waals surface area contributed by atoms with Crippen molar-refractivity contribution in [1.29, 1.82) is 0 Å². The summed E-state index contributed by atoms with van der Waals surface area (Å²) in [5.74, 6) is -9.48. The van der Waals surface area contributed by atoms with E-state index < -0.39 is 46.5 Å². The zero-order valence-corrected chi connectivity index (χ0v) is 16.5. The van der Waals surface area contributed by atoms with Crippen molar-refractivity contribution in [2.45, 2.75) is 32.3 Å². The van der Waals surface area contributed by atoms with E-state index in [0.29, 0.717) is 31.6 Å². The summed E-state index contributed by atoms with van der Waals surface area (Å²) < 4.78 is 107. The maximum absolute atomic E-state index is 14.5. The van der Waals surface area contributed by atoms with Crippen LogP contribution in [0.25, 0.3) is 5.57 Å². The summed E-state index contributed by atoms with van der Waals surface area (Å²) in [6.45, 7) is 3.02. The molecule has 0 aliphatic heterocycles. The first-order chi connectivity index (χ1) is 14.6. The van der Waals surface area contributed by atoms with Crippen LogP contribution in [0.3, 0.4) is 0 Å². The van der Waals surface area contributed by atoms with E-state index in [-0.39, 0.29) is 23.6 Å². The fourth-order valence-electron chi connectivity index (χ4n) is 3.41. The van der Waals surface area contributed by atoms with E-state index in [1.165, 1.54) is 0 Å². The second kappa shape index (κ2) is 9.30. The Balaban J connectivity index is 1.84. The quantitative estimate of drug-likeness (QED) is 0.345. The van der Waals surface area contributed by atoms with E-state index in [2.05, 4.69) is 4.74 Å². The fourth-order valence-corrected chi connectivity index (χ4v) is 3.41. The van der Waals surface area contributed by atoms with Crippen LogP contribution in [0.1, 0.15) is 37.3 Å². The summed E-state index contributed by atoms with van der Waals surface area (Å²) in [4.78, 5) is 0. The van der Waals surface area contributed by atoms with Crippen LogP contribution in [0.15, 0.2) is 30.3 Å². The van der Waals surface area contributed by atoms with E-state index in [9.17, 15) is 30.7 Å². The summed E-state index contributed by atoms with van der Waals surface area (Å²) in [6, 6.07) is 1.83. The lowest BCUT2D eigenvalue weighted by molar-refractivity contribution is -0.189. The highest BCUT2D eigenvalue weighted by molar-refractivity contribution is 5.66. The van der Waals surface area contributed by atoms with E-state index in [1.54, 1.807) is 6.08 Å². The van der Waals surface area contributed by atoms with E-state index >= 15 is 0 Å². The smallest absolute Gasteiger partial charge is 0.429 e. The summed E-state index contributed by atoms with van der Waals surface area (Å²) >= 11 is 0. The van der Waals surface area contributed by atoms with Gasteiger partial charge in [-0.05, 0) is 55.4 Å². The van der Waals surface area contributed by atoms with E-state index in [0.717, 1.165) is 18.6 Å². The Labute approximate surface area is 174 Å². The van der Waals surface area contributed by atoms with Crippen LogP contribution in [0.5, 0.6) is 5.75 Å². The van der Waals surface area contributed by atoms with Gasteiger partial charge in [-0.25, -0.2) is 22.0 Å². The molecule has 31 heavy (non-hydrogen) atoms. The number of halogens is 7. The molecule has 0 amide bonds. The number of rotatable bonds is 7. The third kappa shape index (κ3) is 5.20. The van der Waals surface area contributed by atoms with Crippen molar-refractivity contribution in [1.82, 2.24) is 0 Å². The number of allylic oxidation sites excluding steroid dienone is 2. The number of ether oxygens (including phenoxy) is 2. The average Bonchev–Trinajstić information content (AvgIpc) is 2.69. The summed E-state index contributed by atoms with van der Waals surface area (Å²) in [7, 11) is 0. The minimum Gasteiger partial charge on any atom is -0.429 e. The van der Waals surface area contributed by atoms with Gasteiger partial charge in [0.1, 0.15) is 22.9 Å². The van der Waals surface area contributed by atoms with Crippen LogP contribution < -0.4 is 4.74 Å². The van der Waals surface area contributed by atoms with Crippen molar-refractivity contribution >= 4 is 5.57 Å². The van der Waals surface area contributed by atoms with E-state index in [4.69, 9.17) is 4.74 Å². The Morgan fingerprint density at radius 3 is 2.06 bits per heavy atom. The summed E-state index contributed by atoms with van der Waals surface area (Å²) in [6.07, 6.45) is -0.969. The molecule has 1 unspecified atom stereocenters. The predicted molar refractivity (Wildman–Crippen MR) is 99.0 cm³/mol. The topological polar surface area (TPSA) is 18.5 Å². The first kappa shape index (κ1) is 23.1. The molecule has 168 valence electrons. The van der Waals surface area contributed by atoms with Gasteiger partial charge in [0.2, 0.25) is 0 Å². The van der Waals surface area contributed by atoms with Crippen LogP contribution in [-0.2, 0) is 10.8 Å². The molecule has 0 aromatic heterocycles. The third-order valence-electron chi connectivity index (χ3n) is 4.98. The van der Waals surface area contributed by atoms with Crippen LogP contribution >= 0.6 is 0 Å². The molecule has 1 aliphatic carbocycles. The Morgan fingerprint density at radius 1 is 0.935 bits per heavy atom. The van der Waals surface area contributed by atoms with Crippen LogP contribution in [0, 0.1) is 35.0 Å². The van der Waals surface area contributed by atoms with Crippen molar-refractivity contribution < 1.29 is 40.2 Å². The first-order valence-electron chi connectivity index (χ1n) is 9.60. The third-order valence-corrected chi connectivity index (χ3v) is 4.98. The SMILES string of the molecule is CCOCC1CC=C(c2cc(F)c(C(F)(F)Oc3cc(F)c(F)c(F)c3)c(F)c2)CC1. The Hall–Kier alpha value is -2.55. The molecule has 0 fully saturated rings. The molecule has 2 nitrogen and oxygen atoms in total. The number of alkyl halides is 2. The van der Waals surface area contributed by atoms with Gasteiger partial charge in [0.25, 0.3) is 0 Å². The summed E-state index contributed by atoms with van der Waals surface area (Å²) in [5, 5.41) is 0. The maximum Gasteiger partial charge on any atom is 0.432 e. The molecule has 0 heterocycles. The van der Waals surface area contributed by atoms with Crippen molar-refractivity contribution in [2.75, 3.05) is 13.2 Å². The molecular formula is C22H19F7O2. The average molecular weight is 448 g/mol. The van der Waals surface area contributed by atoms with Gasteiger partial charge in [-0.3, -0.25) is 0 Å². The molecule has 0 radical (unpaired) electrons. The van der Waals surface area contributed by atoms with Crippen molar-refractivity contribution in [2.24, 2.45) is 5.92 Å². The highest BCUT2D eigenvalue weighted by atomic mass is 19.3. The fraction of sp³-hybridized carbons (Fsp3) is 0.364. The zero-order chi connectivity index (χ0) is 22.8. The lowest BCUT2D eigenvalue weighted by Crippen LogP contribution is -2.25. The molecular weight excluding hydrogens is 429 g/mol. The number of hydrogen-bond donors (Lipinski definition) is 0. The Morgan fingerprint density at radius 2 is 1.55 bits per heavy atom. The maximum atomic E-state index is 14.5. The van der Waals surface area contributed by atoms with Gasteiger partial charge in [0, 0.05) is 25.3 Å². The lowest BCUT2D eigenvalue weighted by Gasteiger charge is -2.23. The molecule has 3 rings (SSSR count). The number of hydrogen-bond acceptors (Lipinski definition) is 2. The predicted octanol–water partition coefficient (Wildman–Crippen LogP) is 6.73. The second-order valence-electron chi connectivity index (χ2n) is 7.16. The minimum atomic E-state index is -4.60. The number of benzene rings is 2. The zero-order valence-electron chi connectivity index (χ0n) is 16.5. The highest BCUT2D eigenvalue weighted by Gasteiger charge is 2.41. The van der Waals surface area contributed by atoms with Gasteiger partial charge in [-0.15, -0.1) is 0 Å². The molecule has 0 N–H and O–H groups in total. The van der Waals surface area contributed by atoms with Gasteiger partial charge >= 0.3 is 6.11 Å². The normalized spacial score (nSPS) is 16.9. The molecule has 0 bridgehead atoms. The molecule has 1 atom stereocenters. The van der Waals surface area contributed by atoms with Gasteiger partial charge in [0.15, 0.2) is 17.5 Å². The van der Waals surface area contributed by atoms with Crippen molar-refractivity contribution in [3.8, 4) is 5.75 Å². The molecule has 1 aliphatic rings. The highest BCUT2D eigenvalue weighted by Crippen LogP contribution is 2.38. The van der Waals surface area contributed by atoms with Gasteiger partial charge in [-0.1, -0.05) is 6.08 Å². The molecule has 2 aromatic rings. The van der Waals surface area contributed by atoms with Crippen LogP contribution in [0.4, 0.5) is 30.7 Å². The Kier molecular flexibility index (Phi) is 6.93. The first-order valence-corrected chi connectivity index (χ1v) is 9.60. The molecule has 2 aromatic carbocycles. The van der Waals surface area contributed by atoms with Crippen LogP contribution in [0.2, 0.25) is 0 Å². The van der Waals surface area contributed by atoms with Gasteiger partial charge in [-0.2, -0.15) is 8.78 Å². The largest absolute Gasteiger partial charge is 0.432 e. The summed E-state index contributed by atoms with van der Waals surface area (Å²) in [5.41, 5.74) is -0.987. The van der Waals surface area contributed by atoms with Crippen LogP contribution in [-0.4, -0.2) is 13.2 Å². The standard InChI is InChI=1S/C22H19F7O2/c1-2-30-11-12-3-5-13(6-4-12)14-7-16(23)20(17(24)8-14)22(28,29)31-15-9-18(25)21(27)19(26)10-15/h5,7-10,12H,2-4,6,11H2,1H3. The van der Waals surface area contributed by atoms with Gasteiger partial charge in [0.05, 0.1) is 0 Å². The Bertz CT molecular complexity index is 942. The molecule has 0 saturated heterocycles.